The number of rotatable bonds is 2. The van der Waals surface area contributed by atoms with Gasteiger partial charge in [0.05, 0.1) is 6.20 Å². The van der Waals surface area contributed by atoms with Crippen LogP contribution in [-0.2, 0) is 0 Å². The zero-order valence-corrected chi connectivity index (χ0v) is 13.6. The quantitative estimate of drug-likeness (QED) is 0.784. The van der Waals surface area contributed by atoms with Crippen LogP contribution in [0.2, 0.25) is 0 Å². The molecule has 1 aliphatic heterocycles. The largest absolute Gasteiger partial charge is 0.336 e. The third kappa shape index (κ3) is 2.76. The first-order chi connectivity index (χ1) is 11.7. The van der Waals surface area contributed by atoms with Crippen molar-refractivity contribution in [3.63, 3.8) is 0 Å². The van der Waals surface area contributed by atoms with E-state index in [0.717, 1.165) is 53.9 Å². The number of likely N-dealkylation sites (N-methyl/N-ethyl adjacent to an activating group) is 1. The summed E-state index contributed by atoms with van der Waals surface area (Å²) in [6, 6.07) is 9.80. The number of nitrogens with one attached hydrogen (secondary N) is 1. The van der Waals surface area contributed by atoms with Crippen LogP contribution in [-0.4, -0.2) is 64.1 Å². The average molecular weight is 321 g/mol. The van der Waals surface area contributed by atoms with Crippen molar-refractivity contribution in [2.75, 3.05) is 33.2 Å². The summed E-state index contributed by atoms with van der Waals surface area (Å²) in [6.07, 6.45) is 3.58. The number of carbonyl (C=O) groups is 1. The lowest BCUT2D eigenvalue weighted by Gasteiger charge is -2.32. The van der Waals surface area contributed by atoms with Gasteiger partial charge in [0.1, 0.15) is 0 Å². The molecule has 1 amide bonds. The lowest BCUT2D eigenvalue weighted by molar-refractivity contribution is 0.0664. The van der Waals surface area contributed by atoms with Gasteiger partial charge in [-0.15, -0.1) is 0 Å². The Morgan fingerprint density at radius 1 is 1.04 bits per heavy atom. The highest BCUT2D eigenvalue weighted by atomic mass is 16.2. The van der Waals surface area contributed by atoms with Crippen molar-refractivity contribution in [1.82, 2.24) is 25.0 Å². The summed E-state index contributed by atoms with van der Waals surface area (Å²) in [6.45, 7) is 3.44. The molecule has 1 N–H and O–H groups in total. The molecule has 3 aromatic rings. The Morgan fingerprint density at radius 3 is 2.54 bits per heavy atom. The van der Waals surface area contributed by atoms with Crippen LogP contribution in [0.3, 0.4) is 0 Å². The van der Waals surface area contributed by atoms with Crippen molar-refractivity contribution in [3.05, 3.63) is 48.3 Å². The number of carbonyl (C=O) groups excluding carboxylic acids is 1. The molecule has 0 spiro atoms. The average Bonchev–Trinajstić information content (AvgIpc) is 3.09. The van der Waals surface area contributed by atoms with E-state index in [0.29, 0.717) is 0 Å². The first-order valence-electron chi connectivity index (χ1n) is 8.08. The van der Waals surface area contributed by atoms with E-state index < -0.39 is 0 Å². The van der Waals surface area contributed by atoms with Crippen LogP contribution in [0.25, 0.3) is 22.2 Å². The molecule has 0 unspecified atom stereocenters. The monoisotopic (exact) mass is 321 g/mol. The highest BCUT2D eigenvalue weighted by Gasteiger charge is 2.20. The van der Waals surface area contributed by atoms with Crippen LogP contribution in [0, 0.1) is 0 Å². The third-order valence-electron chi connectivity index (χ3n) is 4.55. The minimum absolute atomic E-state index is 0.109. The van der Waals surface area contributed by atoms with Crippen molar-refractivity contribution < 1.29 is 4.79 Å². The van der Waals surface area contributed by atoms with Crippen molar-refractivity contribution in [2.45, 2.75) is 0 Å². The number of aromatic amines is 1. The molecule has 122 valence electrons. The van der Waals surface area contributed by atoms with Gasteiger partial charge in [0.2, 0.25) is 0 Å². The summed E-state index contributed by atoms with van der Waals surface area (Å²) >= 11 is 0. The number of fused-ring (bicyclic) bond motifs is 1. The molecule has 0 radical (unpaired) electrons. The number of H-pyrrole nitrogens is 1. The van der Waals surface area contributed by atoms with E-state index in [1.807, 2.05) is 41.4 Å². The molecule has 0 saturated carbocycles. The molecule has 0 aliphatic carbocycles. The molecule has 1 saturated heterocycles. The number of hydrogen-bond donors (Lipinski definition) is 1. The number of hydrogen-bond acceptors (Lipinski definition) is 4. The maximum Gasteiger partial charge on any atom is 0.253 e. The SMILES string of the molecule is CN1CCN(C(=O)c2ccc(-c3cnc4[nH]ncc4c3)cc2)CC1. The molecule has 1 aliphatic rings. The van der Waals surface area contributed by atoms with Gasteiger partial charge in [0, 0.05) is 48.9 Å². The van der Waals surface area contributed by atoms with Crippen LogP contribution >= 0.6 is 0 Å². The van der Waals surface area contributed by atoms with Gasteiger partial charge in [-0.3, -0.25) is 9.89 Å². The van der Waals surface area contributed by atoms with E-state index in [1.165, 1.54) is 0 Å². The summed E-state index contributed by atoms with van der Waals surface area (Å²) in [7, 11) is 2.08. The predicted octanol–water partition coefficient (Wildman–Crippen LogP) is 2.01. The molecule has 1 aromatic carbocycles. The highest BCUT2D eigenvalue weighted by molar-refractivity contribution is 5.95. The standard InChI is InChI=1S/C18H19N5O/c1-22-6-8-23(9-7-22)18(24)14-4-2-13(3-5-14)15-10-16-12-20-21-17(16)19-11-15/h2-5,10-12H,6-9H2,1H3,(H,19,20,21). The van der Waals surface area contributed by atoms with E-state index in [4.69, 9.17) is 0 Å². The molecular formula is C18H19N5O. The normalized spacial score (nSPS) is 15.8. The Hall–Kier alpha value is -2.73. The first kappa shape index (κ1) is 14.8. The molecule has 2 aromatic heterocycles. The molecule has 3 heterocycles. The van der Waals surface area contributed by atoms with E-state index in [9.17, 15) is 4.79 Å². The summed E-state index contributed by atoms with van der Waals surface area (Å²) in [5.74, 6) is 0.109. The van der Waals surface area contributed by atoms with E-state index in [2.05, 4.69) is 27.1 Å². The number of benzene rings is 1. The zero-order valence-electron chi connectivity index (χ0n) is 13.6. The predicted molar refractivity (Wildman–Crippen MR) is 92.7 cm³/mol. The fourth-order valence-corrected chi connectivity index (χ4v) is 2.99. The maximum atomic E-state index is 12.6. The summed E-state index contributed by atoms with van der Waals surface area (Å²) in [5, 5.41) is 7.81. The van der Waals surface area contributed by atoms with Crippen LogP contribution < -0.4 is 0 Å². The fourth-order valence-electron chi connectivity index (χ4n) is 2.99. The summed E-state index contributed by atoms with van der Waals surface area (Å²) < 4.78 is 0. The first-order valence-corrected chi connectivity index (χ1v) is 8.08. The Morgan fingerprint density at radius 2 is 1.79 bits per heavy atom. The number of aromatic nitrogens is 3. The lowest BCUT2D eigenvalue weighted by atomic mass is 10.0. The topological polar surface area (TPSA) is 65.1 Å². The summed E-state index contributed by atoms with van der Waals surface area (Å²) in [5.41, 5.74) is 3.57. The minimum atomic E-state index is 0.109. The van der Waals surface area contributed by atoms with Gasteiger partial charge in [-0.05, 0) is 30.8 Å². The van der Waals surface area contributed by atoms with Crippen molar-refractivity contribution in [3.8, 4) is 11.1 Å². The Kier molecular flexibility index (Phi) is 3.74. The molecule has 0 atom stereocenters. The Bertz CT molecular complexity index is 863. The van der Waals surface area contributed by atoms with E-state index in [1.54, 1.807) is 6.20 Å². The molecular weight excluding hydrogens is 302 g/mol. The zero-order chi connectivity index (χ0) is 16.5. The van der Waals surface area contributed by atoms with E-state index >= 15 is 0 Å². The highest BCUT2D eigenvalue weighted by Crippen LogP contribution is 2.22. The van der Waals surface area contributed by atoms with Gasteiger partial charge in [0.15, 0.2) is 5.65 Å². The Labute approximate surface area is 140 Å². The van der Waals surface area contributed by atoms with Crippen molar-refractivity contribution >= 4 is 16.9 Å². The maximum absolute atomic E-state index is 12.6. The second-order valence-electron chi connectivity index (χ2n) is 6.20. The summed E-state index contributed by atoms with van der Waals surface area (Å²) in [4.78, 5) is 21.1. The second-order valence-corrected chi connectivity index (χ2v) is 6.20. The fraction of sp³-hybridized carbons (Fsp3) is 0.278. The van der Waals surface area contributed by atoms with Crippen LogP contribution in [0.5, 0.6) is 0 Å². The van der Waals surface area contributed by atoms with Gasteiger partial charge in [-0.2, -0.15) is 5.10 Å². The third-order valence-corrected chi connectivity index (χ3v) is 4.55. The molecule has 6 heteroatoms. The molecule has 24 heavy (non-hydrogen) atoms. The Balaban J connectivity index is 1.54. The molecule has 0 bridgehead atoms. The number of nitrogens with zero attached hydrogens (tertiary/aromatic N) is 4. The molecule has 6 nitrogen and oxygen atoms in total. The molecule has 1 fully saturated rings. The van der Waals surface area contributed by atoms with Gasteiger partial charge < -0.3 is 9.80 Å². The van der Waals surface area contributed by atoms with Gasteiger partial charge >= 0.3 is 0 Å². The van der Waals surface area contributed by atoms with Crippen LogP contribution in [0.1, 0.15) is 10.4 Å². The number of piperazine rings is 1. The van der Waals surface area contributed by atoms with Crippen molar-refractivity contribution in [1.29, 1.82) is 0 Å². The van der Waals surface area contributed by atoms with Crippen molar-refractivity contribution in [2.24, 2.45) is 0 Å². The smallest absolute Gasteiger partial charge is 0.253 e. The lowest BCUT2D eigenvalue weighted by Crippen LogP contribution is -2.47. The minimum Gasteiger partial charge on any atom is -0.336 e. The number of pyridine rings is 1. The van der Waals surface area contributed by atoms with Crippen LogP contribution in [0.15, 0.2) is 42.7 Å². The van der Waals surface area contributed by atoms with Gasteiger partial charge in [-0.1, -0.05) is 12.1 Å². The van der Waals surface area contributed by atoms with Crippen LogP contribution in [0.4, 0.5) is 0 Å². The molecule has 4 rings (SSSR count). The van der Waals surface area contributed by atoms with Gasteiger partial charge in [0.25, 0.3) is 5.91 Å². The number of amides is 1. The van der Waals surface area contributed by atoms with E-state index in [-0.39, 0.29) is 5.91 Å². The second kappa shape index (κ2) is 6.05. The van der Waals surface area contributed by atoms with Gasteiger partial charge in [-0.25, -0.2) is 4.98 Å².